The molecule has 1 aromatic carbocycles. The smallest absolute Gasteiger partial charge is 0.317 e. The van der Waals surface area contributed by atoms with Crippen LogP contribution in [0.2, 0.25) is 0 Å². The van der Waals surface area contributed by atoms with Crippen LogP contribution in [0.25, 0.3) is 0 Å². The van der Waals surface area contributed by atoms with E-state index in [4.69, 9.17) is 4.74 Å². The summed E-state index contributed by atoms with van der Waals surface area (Å²) in [6.45, 7) is 4.30. The molecule has 1 aliphatic rings. The number of esters is 1. The standard InChI is InChI=1S/C14H15BrO3/c1-8(2)7-18-14(17)12-5-9-3-4-10(15)6-11(9)13(12)16/h3-4,6,8,12H,5,7H2,1-2H3. The molecule has 0 saturated heterocycles. The van der Waals surface area contributed by atoms with Crippen molar-refractivity contribution in [2.75, 3.05) is 6.61 Å². The van der Waals surface area contributed by atoms with Crippen molar-refractivity contribution >= 4 is 27.7 Å². The fraction of sp³-hybridized carbons (Fsp3) is 0.429. The van der Waals surface area contributed by atoms with Gasteiger partial charge in [0.25, 0.3) is 0 Å². The number of hydrogen-bond donors (Lipinski definition) is 0. The Hall–Kier alpha value is -1.16. The number of hydrogen-bond acceptors (Lipinski definition) is 3. The number of fused-ring (bicyclic) bond motifs is 1. The van der Waals surface area contributed by atoms with Crippen molar-refractivity contribution < 1.29 is 14.3 Å². The van der Waals surface area contributed by atoms with Crippen LogP contribution in [0.4, 0.5) is 0 Å². The summed E-state index contributed by atoms with van der Waals surface area (Å²) in [4.78, 5) is 24.0. The Bertz CT molecular complexity index is 494. The highest BCUT2D eigenvalue weighted by Crippen LogP contribution is 2.30. The highest BCUT2D eigenvalue weighted by molar-refractivity contribution is 9.10. The normalized spacial score (nSPS) is 18.0. The maximum Gasteiger partial charge on any atom is 0.317 e. The van der Waals surface area contributed by atoms with Crippen LogP contribution in [0.15, 0.2) is 22.7 Å². The SMILES string of the molecule is CC(C)COC(=O)C1Cc2ccc(Br)cc2C1=O. The molecule has 3 nitrogen and oxygen atoms in total. The second-order valence-electron chi connectivity index (χ2n) is 4.95. The van der Waals surface area contributed by atoms with Crippen molar-refractivity contribution in [2.45, 2.75) is 20.3 Å². The Morgan fingerprint density at radius 1 is 1.50 bits per heavy atom. The lowest BCUT2D eigenvalue weighted by atomic mass is 10.1. The van der Waals surface area contributed by atoms with Crippen molar-refractivity contribution in [3.63, 3.8) is 0 Å². The van der Waals surface area contributed by atoms with Crippen LogP contribution in [0.3, 0.4) is 0 Å². The summed E-state index contributed by atoms with van der Waals surface area (Å²) in [7, 11) is 0. The number of Topliss-reactive ketones (excluding diaryl/α,β-unsaturated/α-hetero) is 1. The van der Waals surface area contributed by atoms with E-state index in [1.54, 1.807) is 6.07 Å². The number of benzene rings is 1. The summed E-state index contributed by atoms with van der Waals surface area (Å²) in [5.41, 5.74) is 1.56. The monoisotopic (exact) mass is 310 g/mol. The Morgan fingerprint density at radius 2 is 2.22 bits per heavy atom. The minimum atomic E-state index is -0.659. The van der Waals surface area contributed by atoms with E-state index in [-0.39, 0.29) is 11.7 Å². The molecule has 1 aliphatic carbocycles. The third-order valence-electron chi connectivity index (χ3n) is 2.92. The van der Waals surface area contributed by atoms with Crippen molar-refractivity contribution in [3.05, 3.63) is 33.8 Å². The Morgan fingerprint density at radius 3 is 2.89 bits per heavy atom. The molecule has 0 aliphatic heterocycles. The van der Waals surface area contributed by atoms with Gasteiger partial charge in [0.15, 0.2) is 5.78 Å². The van der Waals surface area contributed by atoms with Gasteiger partial charge in [0, 0.05) is 10.0 Å². The van der Waals surface area contributed by atoms with E-state index >= 15 is 0 Å². The van der Waals surface area contributed by atoms with Gasteiger partial charge in [-0.3, -0.25) is 9.59 Å². The molecule has 1 unspecified atom stereocenters. The molecule has 1 atom stereocenters. The third kappa shape index (κ3) is 2.64. The molecule has 0 N–H and O–H groups in total. The lowest BCUT2D eigenvalue weighted by Crippen LogP contribution is -2.24. The number of halogens is 1. The second kappa shape index (κ2) is 5.22. The van der Waals surface area contributed by atoms with Crippen LogP contribution in [-0.2, 0) is 16.0 Å². The van der Waals surface area contributed by atoms with Gasteiger partial charge < -0.3 is 4.74 Å². The van der Waals surface area contributed by atoms with Gasteiger partial charge in [0.2, 0.25) is 0 Å². The fourth-order valence-corrected chi connectivity index (χ4v) is 2.36. The van der Waals surface area contributed by atoms with Crippen molar-refractivity contribution in [1.29, 1.82) is 0 Å². The largest absolute Gasteiger partial charge is 0.465 e. The molecule has 0 bridgehead atoms. The lowest BCUT2D eigenvalue weighted by molar-refractivity contribution is -0.147. The third-order valence-corrected chi connectivity index (χ3v) is 3.41. The molecule has 96 valence electrons. The lowest BCUT2D eigenvalue weighted by Gasteiger charge is -2.10. The van der Waals surface area contributed by atoms with Crippen LogP contribution in [0, 0.1) is 11.8 Å². The maximum atomic E-state index is 12.1. The van der Waals surface area contributed by atoms with Gasteiger partial charge >= 0.3 is 5.97 Å². The average molecular weight is 311 g/mol. The first-order valence-corrected chi connectivity index (χ1v) is 6.77. The second-order valence-corrected chi connectivity index (χ2v) is 5.86. The van der Waals surface area contributed by atoms with E-state index in [0.717, 1.165) is 10.0 Å². The zero-order valence-corrected chi connectivity index (χ0v) is 12.0. The van der Waals surface area contributed by atoms with Gasteiger partial charge in [-0.25, -0.2) is 0 Å². The highest BCUT2D eigenvalue weighted by atomic mass is 79.9. The molecule has 1 aromatic rings. The van der Waals surface area contributed by atoms with E-state index < -0.39 is 11.9 Å². The zero-order valence-electron chi connectivity index (χ0n) is 10.4. The van der Waals surface area contributed by atoms with Crippen LogP contribution in [0.1, 0.15) is 29.8 Å². The van der Waals surface area contributed by atoms with Crippen LogP contribution < -0.4 is 0 Å². The molecular formula is C14H15BrO3. The van der Waals surface area contributed by atoms with Crippen LogP contribution in [0.5, 0.6) is 0 Å². The summed E-state index contributed by atoms with van der Waals surface area (Å²) >= 11 is 3.33. The van der Waals surface area contributed by atoms with E-state index in [0.29, 0.717) is 18.6 Å². The number of ketones is 1. The molecule has 4 heteroatoms. The first-order chi connectivity index (χ1) is 8.49. The minimum Gasteiger partial charge on any atom is -0.465 e. The molecular weight excluding hydrogens is 296 g/mol. The van der Waals surface area contributed by atoms with Gasteiger partial charge in [0.05, 0.1) is 6.61 Å². The number of carbonyl (C=O) groups excluding carboxylic acids is 2. The predicted octanol–water partition coefficient (Wildman–Crippen LogP) is 3.00. The molecule has 0 radical (unpaired) electrons. The Labute approximate surface area is 115 Å². The molecule has 2 rings (SSSR count). The summed E-state index contributed by atoms with van der Waals surface area (Å²) < 4.78 is 6.00. The summed E-state index contributed by atoms with van der Waals surface area (Å²) in [5, 5.41) is 0. The molecule has 0 aromatic heterocycles. The predicted molar refractivity (Wildman–Crippen MR) is 71.5 cm³/mol. The molecule has 18 heavy (non-hydrogen) atoms. The molecule has 0 amide bonds. The quantitative estimate of drug-likeness (QED) is 0.636. The Kier molecular flexibility index (Phi) is 3.85. The average Bonchev–Trinajstić information content (AvgIpc) is 2.64. The Balaban J connectivity index is 2.11. The fourth-order valence-electron chi connectivity index (χ4n) is 2.00. The summed E-state index contributed by atoms with van der Waals surface area (Å²) in [6.07, 6.45) is 0.457. The number of carbonyl (C=O) groups is 2. The molecule has 0 saturated carbocycles. The minimum absolute atomic E-state index is 0.125. The van der Waals surface area contributed by atoms with Crippen molar-refractivity contribution in [2.24, 2.45) is 11.8 Å². The zero-order chi connectivity index (χ0) is 13.3. The van der Waals surface area contributed by atoms with Crippen molar-refractivity contribution in [1.82, 2.24) is 0 Å². The van der Waals surface area contributed by atoms with Crippen LogP contribution in [-0.4, -0.2) is 18.4 Å². The molecule has 0 fully saturated rings. The maximum absolute atomic E-state index is 12.1. The van der Waals surface area contributed by atoms with Gasteiger partial charge in [-0.1, -0.05) is 35.8 Å². The van der Waals surface area contributed by atoms with E-state index in [2.05, 4.69) is 15.9 Å². The van der Waals surface area contributed by atoms with Crippen molar-refractivity contribution in [3.8, 4) is 0 Å². The van der Waals surface area contributed by atoms with E-state index in [1.165, 1.54) is 0 Å². The van der Waals surface area contributed by atoms with Gasteiger partial charge in [0.1, 0.15) is 5.92 Å². The van der Waals surface area contributed by atoms with E-state index in [9.17, 15) is 9.59 Å². The van der Waals surface area contributed by atoms with Crippen LogP contribution >= 0.6 is 15.9 Å². The van der Waals surface area contributed by atoms with Gasteiger partial charge in [-0.2, -0.15) is 0 Å². The van der Waals surface area contributed by atoms with Gasteiger partial charge in [-0.15, -0.1) is 0 Å². The first-order valence-electron chi connectivity index (χ1n) is 5.98. The topological polar surface area (TPSA) is 43.4 Å². The van der Waals surface area contributed by atoms with E-state index in [1.807, 2.05) is 26.0 Å². The first kappa shape index (κ1) is 13.3. The highest BCUT2D eigenvalue weighted by Gasteiger charge is 2.36. The number of rotatable bonds is 3. The molecule has 0 spiro atoms. The summed E-state index contributed by atoms with van der Waals surface area (Å²) in [5.74, 6) is -0.906. The molecule has 0 heterocycles. The van der Waals surface area contributed by atoms with Gasteiger partial charge in [-0.05, 0) is 30.0 Å². The number of ether oxygens (including phenoxy) is 1. The summed E-state index contributed by atoms with van der Waals surface area (Å²) in [6, 6.07) is 5.54.